The molecule has 0 spiro atoms. The Morgan fingerprint density at radius 1 is 1.35 bits per heavy atom. The number of nitrogens with zero attached hydrogens (tertiary/aromatic N) is 2. The van der Waals surface area contributed by atoms with Crippen LogP contribution in [-0.2, 0) is 6.18 Å². The Balaban J connectivity index is 1.88. The number of fused-ring (bicyclic) bond motifs is 1. The Labute approximate surface area is 150 Å². The number of halogens is 3. The summed E-state index contributed by atoms with van der Waals surface area (Å²) in [5.41, 5.74) is -0.422. The molecule has 0 amide bonds. The summed E-state index contributed by atoms with van der Waals surface area (Å²) in [6, 6.07) is 2.47. The molecule has 1 aliphatic rings. The van der Waals surface area contributed by atoms with Gasteiger partial charge in [-0.3, -0.25) is 0 Å². The summed E-state index contributed by atoms with van der Waals surface area (Å²) in [7, 11) is 0. The van der Waals surface area contributed by atoms with Gasteiger partial charge in [0, 0.05) is 24.2 Å². The number of rotatable bonds is 4. The number of imidazole rings is 1. The molecule has 1 aromatic carbocycles. The van der Waals surface area contributed by atoms with E-state index in [4.69, 9.17) is 4.74 Å². The van der Waals surface area contributed by atoms with Crippen molar-refractivity contribution in [1.82, 2.24) is 14.9 Å². The van der Waals surface area contributed by atoms with Gasteiger partial charge in [-0.2, -0.15) is 13.2 Å². The van der Waals surface area contributed by atoms with E-state index >= 15 is 0 Å². The van der Waals surface area contributed by atoms with Crippen LogP contribution in [0.4, 0.5) is 13.2 Å². The zero-order valence-corrected chi connectivity index (χ0v) is 15.0. The zero-order valence-electron chi connectivity index (χ0n) is 15.0. The fourth-order valence-electron chi connectivity index (χ4n) is 3.52. The molecule has 1 saturated heterocycles. The van der Waals surface area contributed by atoms with Crippen molar-refractivity contribution in [2.45, 2.75) is 64.0 Å². The molecular weight excluding hydrogens is 347 g/mol. The van der Waals surface area contributed by atoms with E-state index in [0.717, 1.165) is 6.07 Å². The largest absolute Gasteiger partial charge is 0.492 e. The molecule has 0 aliphatic carbocycles. The van der Waals surface area contributed by atoms with Gasteiger partial charge in [0.2, 0.25) is 0 Å². The number of aromatic nitrogens is 2. The monoisotopic (exact) mass is 371 g/mol. The predicted molar refractivity (Wildman–Crippen MR) is 92.2 cm³/mol. The van der Waals surface area contributed by atoms with E-state index in [2.05, 4.69) is 10.3 Å². The summed E-state index contributed by atoms with van der Waals surface area (Å²) in [5, 5.41) is 13.1. The summed E-state index contributed by atoms with van der Waals surface area (Å²) >= 11 is 0. The van der Waals surface area contributed by atoms with E-state index in [-0.39, 0.29) is 41.5 Å². The maximum atomic E-state index is 13.6. The van der Waals surface area contributed by atoms with Gasteiger partial charge in [-0.1, -0.05) is 0 Å². The third-order valence-corrected chi connectivity index (χ3v) is 4.66. The van der Waals surface area contributed by atoms with Crippen LogP contribution in [0, 0.1) is 0 Å². The molecule has 26 heavy (non-hydrogen) atoms. The first kappa shape index (κ1) is 19.0. The van der Waals surface area contributed by atoms with Crippen LogP contribution in [0.2, 0.25) is 0 Å². The highest BCUT2D eigenvalue weighted by Crippen LogP contribution is 2.38. The number of benzene rings is 1. The first-order chi connectivity index (χ1) is 12.1. The van der Waals surface area contributed by atoms with Crippen molar-refractivity contribution >= 4 is 11.0 Å². The highest BCUT2D eigenvalue weighted by Gasteiger charge is 2.35. The van der Waals surface area contributed by atoms with Gasteiger partial charge in [0.05, 0.1) is 29.0 Å². The summed E-state index contributed by atoms with van der Waals surface area (Å²) in [6.07, 6.45) is -2.32. The average Bonchev–Trinajstić information content (AvgIpc) is 2.94. The molecule has 2 heterocycles. The molecule has 0 saturated carbocycles. The van der Waals surface area contributed by atoms with Crippen LogP contribution >= 0.6 is 0 Å². The molecule has 2 N–H and O–H groups in total. The minimum absolute atomic E-state index is 0.0692. The average molecular weight is 371 g/mol. The van der Waals surface area contributed by atoms with Crippen LogP contribution in [0.5, 0.6) is 5.75 Å². The molecule has 5 nitrogen and oxygen atoms in total. The van der Waals surface area contributed by atoms with Crippen molar-refractivity contribution in [1.29, 1.82) is 0 Å². The molecule has 2 aromatic rings. The highest BCUT2D eigenvalue weighted by atomic mass is 19.4. The van der Waals surface area contributed by atoms with Crippen molar-refractivity contribution < 1.29 is 23.0 Å². The minimum Gasteiger partial charge on any atom is -0.492 e. The smallest absolute Gasteiger partial charge is 0.418 e. The van der Waals surface area contributed by atoms with Crippen molar-refractivity contribution in [3.63, 3.8) is 0 Å². The SMILES string of the molecule is CC1CC(O)CC(COc2cc(C(F)(F)F)c3c(c2)ncn3C(C)C)N1. The molecular formula is C18H24F3N3O2. The Kier molecular flexibility index (Phi) is 5.16. The third-order valence-electron chi connectivity index (χ3n) is 4.66. The van der Waals surface area contributed by atoms with E-state index in [9.17, 15) is 18.3 Å². The van der Waals surface area contributed by atoms with E-state index in [1.54, 1.807) is 0 Å². The number of piperidine rings is 1. The zero-order chi connectivity index (χ0) is 19.1. The molecule has 0 radical (unpaired) electrons. The predicted octanol–water partition coefficient (Wildman–Crippen LogP) is 3.52. The second-order valence-electron chi connectivity index (χ2n) is 7.28. The lowest BCUT2D eigenvalue weighted by Crippen LogP contribution is -2.48. The third kappa shape index (κ3) is 3.96. The van der Waals surface area contributed by atoms with Crippen LogP contribution < -0.4 is 10.1 Å². The number of alkyl halides is 3. The number of aliphatic hydroxyl groups excluding tert-OH is 1. The van der Waals surface area contributed by atoms with Gasteiger partial charge < -0.3 is 19.7 Å². The van der Waals surface area contributed by atoms with Gasteiger partial charge in [0.1, 0.15) is 12.4 Å². The van der Waals surface area contributed by atoms with Crippen LogP contribution in [0.25, 0.3) is 11.0 Å². The molecule has 144 valence electrons. The maximum Gasteiger partial charge on any atom is 0.418 e. The standard InChI is InChI=1S/C18H24F3N3O2/c1-10(2)24-9-22-16-7-14(6-15(17(16)24)18(19,20)21)26-8-12-5-13(25)4-11(3)23-12/h6-7,9-13,23,25H,4-5,8H2,1-3H3. The second kappa shape index (κ2) is 7.08. The minimum atomic E-state index is -4.50. The Bertz CT molecular complexity index is 763. The first-order valence-corrected chi connectivity index (χ1v) is 8.80. The lowest BCUT2D eigenvalue weighted by molar-refractivity contribution is -0.136. The summed E-state index contributed by atoms with van der Waals surface area (Å²) in [6.45, 7) is 5.77. The van der Waals surface area contributed by atoms with Gasteiger partial charge in [0.25, 0.3) is 0 Å². The van der Waals surface area contributed by atoms with Gasteiger partial charge in [0.15, 0.2) is 0 Å². The molecule has 1 fully saturated rings. The van der Waals surface area contributed by atoms with Crippen molar-refractivity contribution in [2.24, 2.45) is 0 Å². The summed E-state index contributed by atoms with van der Waals surface area (Å²) in [5.74, 6) is 0.133. The van der Waals surface area contributed by atoms with Crippen LogP contribution in [-0.4, -0.2) is 39.5 Å². The first-order valence-electron chi connectivity index (χ1n) is 8.80. The van der Waals surface area contributed by atoms with E-state index < -0.39 is 17.8 Å². The molecule has 3 rings (SSSR count). The van der Waals surface area contributed by atoms with Gasteiger partial charge in [-0.15, -0.1) is 0 Å². The molecule has 3 atom stereocenters. The number of ether oxygens (including phenoxy) is 1. The topological polar surface area (TPSA) is 59.3 Å². The summed E-state index contributed by atoms with van der Waals surface area (Å²) in [4.78, 5) is 4.12. The molecule has 8 heteroatoms. The van der Waals surface area contributed by atoms with Gasteiger partial charge >= 0.3 is 6.18 Å². The van der Waals surface area contributed by atoms with Crippen molar-refractivity contribution in [3.05, 3.63) is 24.0 Å². The molecule has 1 aromatic heterocycles. The number of hydrogen-bond acceptors (Lipinski definition) is 4. The lowest BCUT2D eigenvalue weighted by Gasteiger charge is -2.32. The Morgan fingerprint density at radius 2 is 2.08 bits per heavy atom. The van der Waals surface area contributed by atoms with E-state index in [0.29, 0.717) is 12.8 Å². The number of hydrogen-bond donors (Lipinski definition) is 2. The van der Waals surface area contributed by atoms with Gasteiger partial charge in [-0.05, 0) is 39.7 Å². The van der Waals surface area contributed by atoms with E-state index in [1.165, 1.54) is 17.0 Å². The van der Waals surface area contributed by atoms with Gasteiger partial charge in [-0.25, -0.2) is 4.98 Å². The fourth-order valence-corrected chi connectivity index (χ4v) is 3.52. The molecule has 1 aliphatic heterocycles. The quantitative estimate of drug-likeness (QED) is 0.864. The van der Waals surface area contributed by atoms with Crippen molar-refractivity contribution in [3.8, 4) is 5.75 Å². The van der Waals surface area contributed by atoms with Crippen LogP contribution in [0.15, 0.2) is 18.5 Å². The Hall–Kier alpha value is -1.80. The van der Waals surface area contributed by atoms with Crippen molar-refractivity contribution in [2.75, 3.05) is 6.61 Å². The molecule has 0 bridgehead atoms. The normalized spacial score (nSPS) is 24.4. The lowest BCUT2D eigenvalue weighted by atomic mass is 9.97. The van der Waals surface area contributed by atoms with Crippen LogP contribution in [0.3, 0.4) is 0 Å². The number of aliphatic hydroxyl groups is 1. The number of nitrogens with one attached hydrogen (secondary N) is 1. The van der Waals surface area contributed by atoms with E-state index in [1.807, 2.05) is 20.8 Å². The summed E-state index contributed by atoms with van der Waals surface area (Å²) < 4.78 is 47.9. The fraction of sp³-hybridized carbons (Fsp3) is 0.611. The molecule has 3 unspecified atom stereocenters. The Morgan fingerprint density at radius 3 is 2.69 bits per heavy atom. The highest BCUT2D eigenvalue weighted by molar-refractivity contribution is 5.81. The maximum absolute atomic E-state index is 13.6. The second-order valence-corrected chi connectivity index (χ2v) is 7.28. The van der Waals surface area contributed by atoms with Crippen LogP contribution in [0.1, 0.15) is 45.2 Å².